The lowest BCUT2D eigenvalue weighted by atomic mass is 9.98. The van der Waals surface area contributed by atoms with E-state index in [-0.39, 0.29) is 30.6 Å². The normalized spacial score (nSPS) is 11.5. The maximum atomic E-state index is 11.4. The van der Waals surface area contributed by atoms with Crippen molar-refractivity contribution in [1.29, 1.82) is 0 Å². The molecular weight excluding hydrogens is 630 g/mol. The van der Waals surface area contributed by atoms with Gasteiger partial charge in [-0.05, 0) is 96.0 Å². The van der Waals surface area contributed by atoms with Gasteiger partial charge in [-0.1, -0.05) is 39.8 Å². The molecule has 4 rings (SSSR count). The van der Waals surface area contributed by atoms with Crippen molar-refractivity contribution in [2.24, 2.45) is 0 Å². The molecular formula is C37H43N3O9. The molecule has 4 aromatic rings. The number of aliphatic hydroxyl groups is 2. The Hall–Kier alpha value is -5.20. The average Bonchev–Trinajstić information content (AvgIpc) is 3.60. The van der Waals surface area contributed by atoms with Gasteiger partial charge in [0.05, 0.1) is 5.56 Å². The standard InChI is InChI=1S/C26H31N3O6.C11H12O3/c1-5-18-9-20(6-16(4)24(18)34-14-22(32)11-27-23(33)13-31)25-28-26(35-29-25)21-8-17(12-30)7-19(10-21)15(2)3;1-7(2)9-3-8(6-12)4-10(5-9)11(13)14/h6-10,12,15,22,31-32H,5,11,13-14H2,1-4H3,(H,27,33);3-7H,1-2H3,(H,13,14)/t22-;/m0./s1. The Balaban J connectivity index is 0.000000388. The minimum absolute atomic E-state index is 0.0174. The zero-order valence-electron chi connectivity index (χ0n) is 28.5. The summed E-state index contributed by atoms with van der Waals surface area (Å²) in [5.74, 6) is 0.282. The molecule has 0 saturated heterocycles. The number of aryl methyl sites for hydroxylation is 2. The van der Waals surface area contributed by atoms with Gasteiger partial charge in [0.25, 0.3) is 5.89 Å². The van der Waals surface area contributed by atoms with Gasteiger partial charge in [0.2, 0.25) is 11.7 Å². The second-order valence-corrected chi connectivity index (χ2v) is 12.1. The van der Waals surface area contributed by atoms with Crippen LogP contribution in [-0.4, -0.2) is 75.8 Å². The van der Waals surface area contributed by atoms with Crippen LogP contribution in [0.2, 0.25) is 0 Å². The highest BCUT2D eigenvalue weighted by molar-refractivity contribution is 5.90. The number of ether oxygens (including phenoxy) is 1. The van der Waals surface area contributed by atoms with Crippen LogP contribution in [-0.2, 0) is 11.2 Å². The number of aromatic nitrogens is 2. The third-order valence-corrected chi connectivity index (χ3v) is 7.57. The molecule has 1 heterocycles. The summed E-state index contributed by atoms with van der Waals surface area (Å²) in [6.45, 7) is 11.2. The topological polar surface area (TPSA) is 189 Å². The molecule has 0 aliphatic heterocycles. The van der Waals surface area contributed by atoms with Crippen molar-refractivity contribution >= 4 is 24.4 Å². The van der Waals surface area contributed by atoms with Gasteiger partial charge in [0.1, 0.15) is 37.6 Å². The lowest BCUT2D eigenvalue weighted by Gasteiger charge is -2.17. The fraction of sp³-hybridized carbons (Fsp3) is 0.351. The Morgan fingerprint density at radius 1 is 0.918 bits per heavy atom. The number of carboxylic acid groups (broad SMARTS) is 1. The van der Waals surface area contributed by atoms with E-state index in [0.717, 1.165) is 34.1 Å². The summed E-state index contributed by atoms with van der Waals surface area (Å²) in [6, 6.07) is 14.0. The highest BCUT2D eigenvalue weighted by Crippen LogP contribution is 2.32. The summed E-state index contributed by atoms with van der Waals surface area (Å²) in [5.41, 5.74) is 6.19. The third-order valence-electron chi connectivity index (χ3n) is 7.57. The second kappa shape index (κ2) is 17.8. The number of rotatable bonds is 14. The number of aromatic carboxylic acids is 1. The molecule has 260 valence electrons. The van der Waals surface area contributed by atoms with E-state index in [1.807, 2.05) is 52.0 Å². The molecule has 0 fully saturated rings. The number of carboxylic acids is 1. The summed E-state index contributed by atoms with van der Waals surface area (Å²) < 4.78 is 11.4. The number of hydrogen-bond acceptors (Lipinski definition) is 10. The van der Waals surface area contributed by atoms with Gasteiger partial charge < -0.3 is 29.9 Å². The Labute approximate surface area is 285 Å². The van der Waals surface area contributed by atoms with Gasteiger partial charge in [-0.25, -0.2) is 4.79 Å². The summed E-state index contributed by atoms with van der Waals surface area (Å²) in [4.78, 5) is 48.4. The van der Waals surface area contributed by atoms with Crippen molar-refractivity contribution in [3.8, 4) is 28.6 Å². The molecule has 0 saturated carbocycles. The second-order valence-electron chi connectivity index (χ2n) is 12.1. The molecule has 1 amide bonds. The van der Waals surface area contributed by atoms with E-state index in [2.05, 4.69) is 29.3 Å². The molecule has 0 aliphatic carbocycles. The SMILES string of the molecule is CC(C)c1cc(C=O)cc(C(=O)O)c1.CCc1cc(-c2noc(-c3cc(C=O)cc(C(C)C)c3)n2)cc(C)c1OC[C@@H](O)CNC(=O)CO. The van der Waals surface area contributed by atoms with Crippen LogP contribution in [0.4, 0.5) is 0 Å². The number of aldehydes is 2. The molecule has 0 unspecified atom stereocenters. The monoisotopic (exact) mass is 673 g/mol. The first kappa shape index (κ1) is 38.2. The van der Waals surface area contributed by atoms with Gasteiger partial charge in [0, 0.05) is 28.8 Å². The molecule has 1 aromatic heterocycles. The zero-order valence-corrected chi connectivity index (χ0v) is 28.5. The van der Waals surface area contributed by atoms with E-state index < -0.39 is 24.6 Å². The van der Waals surface area contributed by atoms with E-state index >= 15 is 0 Å². The molecule has 0 bridgehead atoms. The van der Waals surface area contributed by atoms with E-state index in [0.29, 0.717) is 46.9 Å². The van der Waals surface area contributed by atoms with Crippen molar-refractivity contribution in [3.63, 3.8) is 0 Å². The molecule has 0 aliphatic rings. The highest BCUT2D eigenvalue weighted by Gasteiger charge is 2.18. The first-order valence-corrected chi connectivity index (χ1v) is 15.9. The predicted octanol–water partition coefficient (Wildman–Crippen LogP) is 5.38. The molecule has 1 atom stereocenters. The van der Waals surface area contributed by atoms with E-state index in [4.69, 9.17) is 19.5 Å². The summed E-state index contributed by atoms with van der Waals surface area (Å²) in [7, 11) is 0. The lowest BCUT2D eigenvalue weighted by molar-refractivity contribution is -0.124. The molecule has 12 heteroatoms. The van der Waals surface area contributed by atoms with Crippen LogP contribution >= 0.6 is 0 Å². The molecule has 12 nitrogen and oxygen atoms in total. The zero-order chi connectivity index (χ0) is 36.2. The van der Waals surface area contributed by atoms with Crippen LogP contribution in [0.5, 0.6) is 5.75 Å². The van der Waals surface area contributed by atoms with Crippen LogP contribution in [0.15, 0.2) is 53.1 Å². The number of carbonyl (C=O) groups is 4. The molecule has 0 radical (unpaired) electrons. The van der Waals surface area contributed by atoms with Crippen molar-refractivity contribution in [2.45, 2.75) is 65.9 Å². The van der Waals surface area contributed by atoms with Crippen LogP contribution in [0.25, 0.3) is 22.8 Å². The van der Waals surface area contributed by atoms with Crippen molar-refractivity contribution in [3.05, 3.63) is 87.5 Å². The number of nitrogens with one attached hydrogen (secondary N) is 1. The molecule has 49 heavy (non-hydrogen) atoms. The van der Waals surface area contributed by atoms with Gasteiger partial charge >= 0.3 is 5.97 Å². The number of amides is 1. The number of hydrogen-bond donors (Lipinski definition) is 4. The summed E-state index contributed by atoms with van der Waals surface area (Å²) in [6.07, 6.45) is 1.22. The van der Waals surface area contributed by atoms with Crippen LogP contribution in [0, 0.1) is 6.92 Å². The fourth-order valence-corrected chi connectivity index (χ4v) is 4.83. The maximum Gasteiger partial charge on any atom is 0.335 e. The predicted molar refractivity (Wildman–Crippen MR) is 183 cm³/mol. The fourth-order valence-electron chi connectivity index (χ4n) is 4.83. The number of nitrogens with zero attached hydrogens (tertiary/aromatic N) is 2. The minimum atomic E-state index is -1.00. The largest absolute Gasteiger partial charge is 0.490 e. The summed E-state index contributed by atoms with van der Waals surface area (Å²) in [5, 5.41) is 34.2. The Bertz CT molecular complexity index is 1780. The minimum Gasteiger partial charge on any atom is -0.490 e. The quantitative estimate of drug-likeness (QED) is 0.126. The number of benzene rings is 3. The first-order chi connectivity index (χ1) is 23.3. The van der Waals surface area contributed by atoms with Crippen LogP contribution < -0.4 is 10.1 Å². The van der Waals surface area contributed by atoms with Gasteiger partial charge in [0.15, 0.2) is 0 Å². The highest BCUT2D eigenvalue weighted by atomic mass is 16.5. The third kappa shape index (κ3) is 10.6. The first-order valence-electron chi connectivity index (χ1n) is 15.9. The van der Waals surface area contributed by atoms with Gasteiger partial charge in [-0.3, -0.25) is 14.4 Å². The van der Waals surface area contributed by atoms with Crippen LogP contribution in [0.1, 0.15) is 99.8 Å². The van der Waals surface area contributed by atoms with Gasteiger partial charge in [-0.2, -0.15) is 4.98 Å². The number of carbonyl (C=O) groups excluding carboxylic acids is 3. The van der Waals surface area contributed by atoms with Crippen molar-refractivity contribution in [2.75, 3.05) is 19.8 Å². The molecule has 4 N–H and O–H groups in total. The molecule has 3 aromatic carbocycles. The van der Waals surface area contributed by atoms with Crippen LogP contribution in [0.3, 0.4) is 0 Å². The van der Waals surface area contributed by atoms with E-state index in [9.17, 15) is 24.3 Å². The van der Waals surface area contributed by atoms with E-state index in [1.54, 1.807) is 18.2 Å². The van der Waals surface area contributed by atoms with Crippen molar-refractivity contribution < 1.29 is 43.8 Å². The average molecular weight is 674 g/mol. The Kier molecular flexibility index (Phi) is 13.9. The van der Waals surface area contributed by atoms with E-state index in [1.165, 1.54) is 6.07 Å². The molecule has 0 spiro atoms. The number of aliphatic hydroxyl groups excluding tert-OH is 2. The summed E-state index contributed by atoms with van der Waals surface area (Å²) >= 11 is 0. The maximum absolute atomic E-state index is 11.4. The Morgan fingerprint density at radius 2 is 1.55 bits per heavy atom. The lowest BCUT2D eigenvalue weighted by Crippen LogP contribution is -2.36. The van der Waals surface area contributed by atoms with Crippen molar-refractivity contribution in [1.82, 2.24) is 15.5 Å². The van der Waals surface area contributed by atoms with Gasteiger partial charge in [-0.15, -0.1) is 0 Å². The Morgan fingerprint density at radius 3 is 2.12 bits per heavy atom. The smallest absolute Gasteiger partial charge is 0.335 e.